The van der Waals surface area contributed by atoms with Crippen LogP contribution >= 0.6 is 11.8 Å². The number of rotatable bonds is 5. The number of aryl methyl sites for hydroxylation is 1. The summed E-state index contributed by atoms with van der Waals surface area (Å²) in [6.07, 6.45) is 3.42. The van der Waals surface area contributed by atoms with E-state index in [1.165, 1.54) is 0 Å². The second-order valence-electron chi connectivity index (χ2n) is 3.85. The summed E-state index contributed by atoms with van der Waals surface area (Å²) in [6, 6.07) is 5.88. The lowest BCUT2D eigenvalue weighted by molar-refractivity contribution is -0.141. The number of hydrogen-bond acceptors (Lipinski definition) is 3. The van der Waals surface area contributed by atoms with E-state index >= 15 is 0 Å². The van der Waals surface area contributed by atoms with Crippen LogP contribution in [0.25, 0.3) is 0 Å². The number of carbonyl (C=O) groups is 1. The molecule has 0 spiro atoms. The normalized spacial score (nSPS) is 12.4. The third-order valence-corrected chi connectivity index (χ3v) is 3.38. The number of anilines is 1. The highest BCUT2D eigenvalue weighted by Crippen LogP contribution is 2.24. The van der Waals surface area contributed by atoms with Crippen LogP contribution in [0.1, 0.15) is 18.9 Å². The highest BCUT2D eigenvalue weighted by atomic mass is 32.2. The Kier molecular flexibility index (Phi) is 4.68. The van der Waals surface area contributed by atoms with E-state index in [-0.39, 0.29) is 5.92 Å². The Bertz CT molecular complexity index is 379. The Morgan fingerprint density at radius 2 is 2.25 bits per heavy atom. The molecule has 3 nitrogen and oxygen atoms in total. The van der Waals surface area contributed by atoms with Crippen molar-refractivity contribution in [3.63, 3.8) is 0 Å². The average Bonchev–Trinajstić information content (AvgIpc) is 2.27. The van der Waals surface area contributed by atoms with Crippen LogP contribution in [0.15, 0.2) is 23.1 Å². The number of carboxylic acids is 1. The van der Waals surface area contributed by atoms with E-state index in [9.17, 15) is 4.79 Å². The number of nitrogen functional groups attached to an aromatic ring is 1. The molecule has 0 saturated carbocycles. The molecule has 4 heteroatoms. The van der Waals surface area contributed by atoms with Gasteiger partial charge in [-0.2, -0.15) is 0 Å². The molecular formula is C12H17NO2S. The molecule has 0 aliphatic heterocycles. The second-order valence-corrected chi connectivity index (χ2v) is 4.70. The van der Waals surface area contributed by atoms with E-state index in [2.05, 4.69) is 0 Å². The van der Waals surface area contributed by atoms with Crippen LogP contribution in [0.5, 0.6) is 0 Å². The number of carboxylic acid groups (broad SMARTS) is 1. The van der Waals surface area contributed by atoms with E-state index in [1.807, 2.05) is 24.5 Å². The first-order chi connectivity index (χ1) is 7.54. The van der Waals surface area contributed by atoms with Gasteiger partial charge in [-0.05, 0) is 36.8 Å². The minimum Gasteiger partial charge on any atom is -0.481 e. The van der Waals surface area contributed by atoms with Crippen molar-refractivity contribution < 1.29 is 9.90 Å². The van der Waals surface area contributed by atoms with Crippen LogP contribution < -0.4 is 5.73 Å². The Labute approximate surface area is 100 Å². The van der Waals surface area contributed by atoms with E-state index in [0.29, 0.717) is 6.42 Å². The van der Waals surface area contributed by atoms with Gasteiger partial charge in [-0.25, -0.2) is 0 Å². The van der Waals surface area contributed by atoms with E-state index in [4.69, 9.17) is 10.8 Å². The molecule has 1 unspecified atom stereocenters. The van der Waals surface area contributed by atoms with Gasteiger partial charge in [0.25, 0.3) is 0 Å². The van der Waals surface area contributed by atoms with Crippen molar-refractivity contribution >= 4 is 23.4 Å². The fourth-order valence-electron chi connectivity index (χ4n) is 1.42. The lowest BCUT2D eigenvalue weighted by atomic mass is 10.0. The number of thioether (sulfide) groups is 1. The van der Waals surface area contributed by atoms with Gasteiger partial charge in [0.2, 0.25) is 0 Å². The van der Waals surface area contributed by atoms with E-state index in [1.54, 1.807) is 18.7 Å². The molecule has 1 rings (SSSR count). The predicted molar refractivity (Wildman–Crippen MR) is 67.8 cm³/mol. The molecule has 0 amide bonds. The van der Waals surface area contributed by atoms with Crippen molar-refractivity contribution in [1.82, 2.24) is 0 Å². The molecule has 0 fully saturated rings. The molecule has 1 atom stereocenters. The Morgan fingerprint density at radius 1 is 1.56 bits per heavy atom. The summed E-state index contributed by atoms with van der Waals surface area (Å²) >= 11 is 1.61. The van der Waals surface area contributed by atoms with Crippen molar-refractivity contribution in [1.29, 1.82) is 0 Å². The summed E-state index contributed by atoms with van der Waals surface area (Å²) in [4.78, 5) is 11.7. The lowest BCUT2D eigenvalue weighted by Gasteiger charge is -2.08. The monoisotopic (exact) mass is 239 g/mol. The van der Waals surface area contributed by atoms with Gasteiger partial charge in [0.15, 0.2) is 0 Å². The topological polar surface area (TPSA) is 63.3 Å². The molecule has 0 aromatic heterocycles. The molecule has 0 aliphatic carbocycles. The molecule has 16 heavy (non-hydrogen) atoms. The molecule has 0 radical (unpaired) electrons. The molecule has 0 aliphatic rings. The van der Waals surface area contributed by atoms with Gasteiger partial charge in [-0.3, -0.25) is 4.79 Å². The van der Waals surface area contributed by atoms with Crippen LogP contribution in [0.4, 0.5) is 5.69 Å². The molecule has 3 N–H and O–H groups in total. The predicted octanol–water partition coefficient (Wildman–Crippen LogP) is 2.64. The fourth-order valence-corrected chi connectivity index (χ4v) is 1.99. The minimum atomic E-state index is -0.736. The van der Waals surface area contributed by atoms with Crippen LogP contribution in [0.3, 0.4) is 0 Å². The Hall–Kier alpha value is -1.16. The maximum atomic E-state index is 10.7. The Morgan fingerprint density at radius 3 is 2.81 bits per heavy atom. The first-order valence-corrected chi connectivity index (χ1v) is 6.42. The van der Waals surface area contributed by atoms with Crippen LogP contribution in [-0.2, 0) is 11.2 Å². The average molecular weight is 239 g/mol. The van der Waals surface area contributed by atoms with Gasteiger partial charge in [-0.1, -0.05) is 13.0 Å². The maximum absolute atomic E-state index is 10.7. The molecule has 0 saturated heterocycles. The van der Waals surface area contributed by atoms with Gasteiger partial charge in [0.05, 0.1) is 5.92 Å². The maximum Gasteiger partial charge on any atom is 0.306 e. The number of aliphatic carboxylic acids is 1. The first kappa shape index (κ1) is 12.9. The number of hydrogen-bond donors (Lipinski definition) is 2. The lowest BCUT2D eigenvalue weighted by Crippen LogP contribution is -2.10. The molecular weight excluding hydrogens is 222 g/mol. The zero-order valence-electron chi connectivity index (χ0n) is 9.56. The van der Waals surface area contributed by atoms with Crippen LogP contribution in [0, 0.1) is 5.92 Å². The quantitative estimate of drug-likeness (QED) is 0.612. The highest BCUT2D eigenvalue weighted by Gasteiger charge is 2.10. The van der Waals surface area contributed by atoms with Gasteiger partial charge < -0.3 is 10.8 Å². The number of nitrogens with two attached hydrogens (primary N) is 1. The summed E-state index contributed by atoms with van der Waals surface area (Å²) in [5.74, 6) is -1.03. The van der Waals surface area contributed by atoms with Crippen molar-refractivity contribution in [2.45, 2.75) is 24.7 Å². The zero-order valence-corrected chi connectivity index (χ0v) is 10.4. The molecule has 1 aromatic carbocycles. The summed E-state index contributed by atoms with van der Waals surface area (Å²) in [7, 11) is 0. The van der Waals surface area contributed by atoms with Crippen LogP contribution in [-0.4, -0.2) is 17.3 Å². The van der Waals surface area contributed by atoms with Gasteiger partial charge in [-0.15, -0.1) is 11.8 Å². The summed E-state index contributed by atoms with van der Waals surface area (Å²) in [6.45, 7) is 1.73. The second kappa shape index (κ2) is 5.80. The first-order valence-electron chi connectivity index (χ1n) is 5.19. The van der Waals surface area contributed by atoms with E-state index in [0.717, 1.165) is 22.6 Å². The molecule has 88 valence electrons. The van der Waals surface area contributed by atoms with Crippen molar-refractivity contribution in [2.75, 3.05) is 12.0 Å². The molecule has 0 bridgehead atoms. The molecule has 1 aromatic rings. The van der Waals surface area contributed by atoms with Gasteiger partial charge in [0.1, 0.15) is 0 Å². The zero-order chi connectivity index (χ0) is 12.1. The summed E-state index contributed by atoms with van der Waals surface area (Å²) in [5, 5.41) is 8.78. The standard InChI is InChI=1S/C12H17NO2S/c1-8(12(14)15)3-4-9-5-6-10(13)11(7-9)16-2/h5-8H,3-4,13H2,1-2H3,(H,14,15). The fraction of sp³-hybridized carbons (Fsp3) is 0.417. The minimum absolute atomic E-state index is 0.296. The van der Waals surface area contributed by atoms with Crippen LogP contribution in [0.2, 0.25) is 0 Å². The smallest absolute Gasteiger partial charge is 0.306 e. The van der Waals surface area contributed by atoms with Gasteiger partial charge >= 0.3 is 5.97 Å². The summed E-state index contributed by atoms with van der Waals surface area (Å²) in [5.41, 5.74) is 7.71. The number of benzene rings is 1. The van der Waals surface area contributed by atoms with E-state index < -0.39 is 5.97 Å². The third kappa shape index (κ3) is 3.45. The van der Waals surface area contributed by atoms with Crippen molar-refractivity contribution in [2.24, 2.45) is 5.92 Å². The van der Waals surface area contributed by atoms with Gasteiger partial charge in [0, 0.05) is 10.6 Å². The summed E-state index contributed by atoms with van der Waals surface area (Å²) < 4.78 is 0. The molecule has 0 heterocycles. The largest absolute Gasteiger partial charge is 0.481 e. The SMILES string of the molecule is CSc1cc(CCC(C)C(=O)O)ccc1N. The third-order valence-electron chi connectivity index (χ3n) is 2.59. The van der Waals surface area contributed by atoms with Crippen molar-refractivity contribution in [3.8, 4) is 0 Å². The highest BCUT2D eigenvalue weighted by molar-refractivity contribution is 7.98. The van der Waals surface area contributed by atoms with Crippen molar-refractivity contribution in [3.05, 3.63) is 23.8 Å². The Balaban J connectivity index is 2.64.